The normalized spacial score (nSPS) is 12.2. The number of rotatable bonds is 2. The summed E-state index contributed by atoms with van der Waals surface area (Å²) in [5.41, 5.74) is 0.700. The summed E-state index contributed by atoms with van der Waals surface area (Å²) in [6, 6.07) is 7.80. The number of imidazole rings is 2. The zero-order chi connectivity index (χ0) is 19.3. The van der Waals surface area contributed by atoms with Gasteiger partial charge in [-0.3, -0.25) is 13.8 Å². The highest BCUT2D eigenvalue weighted by Crippen LogP contribution is 2.33. The molecule has 5 nitrogen and oxygen atoms in total. The van der Waals surface area contributed by atoms with Crippen LogP contribution in [0.1, 0.15) is 28.7 Å². The first-order chi connectivity index (χ1) is 12.8. The molecule has 0 atom stereocenters. The Hall–Kier alpha value is -2.87. The molecule has 0 saturated carbocycles. The SMILES string of the molecule is CCc1nc2c(Cl)cc(C(F)(F)F)cn2c1C(=O)n1cnc2ccccc21. The second-order valence-electron chi connectivity index (χ2n) is 5.94. The van der Waals surface area contributed by atoms with Gasteiger partial charge in [-0.1, -0.05) is 30.7 Å². The van der Waals surface area contributed by atoms with E-state index >= 15 is 0 Å². The number of carbonyl (C=O) groups excluding carboxylic acids is 1. The van der Waals surface area contributed by atoms with Gasteiger partial charge in [-0.05, 0) is 24.6 Å². The molecule has 9 heteroatoms. The van der Waals surface area contributed by atoms with Crippen LogP contribution in [0.2, 0.25) is 5.02 Å². The van der Waals surface area contributed by atoms with Crippen LogP contribution in [0.15, 0.2) is 42.9 Å². The Kier molecular flexibility index (Phi) is 3.96. The fourth-order valence-corrected chi connectivity index (χ4v) is 3.27. The van der Waals surface area contributed by atoms with E-state index in [9.17, 15) is 18.0 Å². The summed E-state index contributed by atoms with van der Waals surface area (Å²) in [7, 11) is 0. The van der Waals surface area contributed by atoms with Gasteiger partial charge < -0.3 is 0 Å². The summed E-state index contributed by atoms with van der Waals surface area (Å²) in [4.78, 5) is 21.6. The van der Waals surface area contributed by atoms with E-state index in [-0.39, 0.29) is 16.4 Å². The van der Waals surface area contributed by atoms with Gasteiger partial charge in [-0.25, -0.2) is 9.97 Å². The molecule has 0 saturated heterocycles. The van der Waals surface area contributed by atoms with Gasteiger partial charge in [0.1, 0.15) is 12.0 Å². The Morgan fingerprint density at radius 3 is 2.70 bits per heavy atom. The smallest absolute Gasteiger partial charge is 0.293 e. The Bertz CT molecular complexity index is 1190. The molecule has 4 rings (SSSR count). The van der Waals surface area contributed by atoms with Crippen LogP contribution in [0.4, 0.5) is 13.2 Å². The molecule has 3 aromatic heterocycles. The second kappa shape index (κ2) is 6.09. The lowest BCUT2D eigenvalue weighted by Crippen LogP contribution is -2.16. The molecule has 0 aliphatic rings. The minimum Gasteiger partial charge on any atom is -0.293 e. The molecule has 0 unspecified atom stereocenters. The highest BCUT2D eigenvalue weighted by molar-refractivity contribution is 6.33. The van der Waals surface area contributed by atoms with Crippen LogP contribution in [0, 0.1) is 0 Å². The average molecular weight is 393 g/mol. The quantitative estimate of drug-likeness (QED) is 0.500. The Labute approximate surface area is 156 Å². The number of aryl methyl sites for hydroxylation is 1. The lowest BCUT2D eigenvalue weighted by atomic mass is 10.2. The predicted molar refractivity (Wildman–Crippen MR) is 94.0 cm³/mol. The molecule has 0 amide bonds. The van der Waals surface area contributed by atoms with Gasteiger partial charge in [-0.2, -0.15) is 13.2 Å². The highest BCUT2D eigenvalue weighted by atomic mass is 35.5. The third-order valence-electron chi connectivity index (χ3n) is 4.28. The maximum absolute atomic E-state index is 13.2. The maximum atomic E-state index is 13.2. The van der Waals surface area contributed by atoms with E-state index in [1.165, 1.54) is 10.9 Å². The number of aromatic nitrogens is 4. The van der Waals surface area contributed by atoms with Crippen LogP contribution < -0.4 is 0 Å². The van der Waals surface area contributed by atoms with Crippen molar-refractivity contribution in [1.82, 2.24) is 18.9 Å². The molecule has 0 aliphatic heterocycles. The van der Waals surface area contributed by atoms with Gasteiger partial charge in [-0.15, -0.1) is 0 Å². The average Bonchev–Trinajstić information content (AvgIpc) is 3.22. The van der Waals surface area contributed by atoms with Crippen LogP contribution in [0.25, 0.3) is 16.7 Å². The number of carbonyl (C=O) groups is 1. The monoisotopic (exact) mass is 392 g/mol. The number of para-hydroxylation sites is 2. The van der Waals surface area contributed by atoms with E-state index in [2.05, 4.69) is 9.97 Å². The summed E-state index contributed by atoms with van der Waals surface area (Å²) in [6.45, 7) is 1.77. The van der Waals surface area contributed by atoms with Crippen LogP contribution in [0.3, 0.4) is 0 Å². The number of alkyl halides is 3. The van der Waals surface area contributed by atoms with Gasteiger partial charge in [0.05, 0.1) is 27.3 Å². The maximum Gasteiger partial charge on any atom is 0.417 e. The van der Waals surface area contributed by atoms with E-state index in [0.29, 0.717) is 23.1 Å². The molecule has 4 aromatic rings. The fraction of sp³-hybridized carbons (Fsp3) is 0.167. The van der Waals surface area contributed by atoms with Crippen molar-refractivity contribution in [2.45, 2.75) is 19.5 Å². The molecular weight excluding hydrogens is 381 g/mol. The van der Waals surface area contributed by atoms with Crippen molar-refractivity contribution in [2.24, 2.45) is 0 Å². The van der Waals surface area contributed by atoms with Crippen molar-refractivity contribution < 1.29 is 18.0 Å². The van der Waals surface area contributed by atoms with Crippen LogP contribution in [-0.4, -0.2) is 24.8 Å². The fourth-order valence-electron chi connectivity index (χ4n) is 3.01. The standard InChI is InChI=1S/C18H12ClF3N4O/c1-2-12-15(17(27)26-9-23-13-5-3-4-6-14(13)26)25-8-10(18(20,21)22)7-11(19)16(25)24-12/h3-9H,2H2,1H3. The van der Waals surface area contributed by atoms with Gasteiger partial charge in [0.25, 0.3) is 5.91 Å². The molecule has 0 N–H and O–H groups in total. The Morgan fingerprint density at radius 1 is 1.26 bits per heavy atom. The molecule has 27 heavy (non-hydrogen) atoms. The molecule has 1 aromatic carbocycles. The minimum atomic E-state index is -4.60. The van der Waals surface area contributed by atoms with Crippen LogP contribution in [-0.2, 0) is 12.6 Å². The molecule has 3 heterocycles. The number of halogens is 4. The van der Waals surface area contributed by atoms with Crippen molar-refractivity contribution in [3.63, 3.8) is 0 Å². The number of nitrogens with zero attached hydrogens (tertiary/aromatic N) is 4. The zero-order valence-electron chi connectivity index (χ0n) is 14.0. The molecule has 0 spiro atoms. The summed E-state index contributed by atoms with van der Waals surface area (Å²) in [5.74, 6) is -0.525. The minimum absolute atomic E-state index is 0.0312. The summed E-state index contributed by atoms with van der Waals surface area (Å²) in [6.07, 6.45) is -2.05. The van der Waals surface area contributed by atoms with E-state index < -0.39 is 17.6 Å². The van der Waals surface area contributed by atoms with Crippen molar-refractivity contribution in [2.75, 3.05) is 0 Å². The van der Waals surface area contributed by atoms with Crippen LogP contribution >= 0.6 is 11.6 Å². The van der Waals surface area contributed by atoms with E-state index in [4.69, 9.17) is 11.6 Å². The van der Waals surface area contributed by atoms with Gasteiger partial charge >= 0.3 is 6.18 Å². The van der Waals surface area contributed by atoms with Crippen molar-refractivity contribution in [3.05, 3.63) is 64.8 Å². The van der Waals surface area contributed by atoms with Crippen molar-refractivity contribution in [3.8, 4) is 0 Å². The number of fused-ring (bicyclic) bond motifs is 2. The number of benzene rings is 1. The molecule has 0 radical (unpaired) electrons. The molecule has 0 fully saturated rings. The summed E-state index contributed by atoms with van der Waals surface area (Å²) < 4.78 is 42.0. The lowest BCUT2D eigenvalue weighted by molar-refractivity contribution is -0.137. The largest absolute Gasteiger partial charge is 0.417 e. The van der Waals surface area contributed by atoms with Gasteiger partial charge in [0, 0.05) is 6.20 Å². The zero-order valence-corrected chi connectivity index (χ0v) is 14.7. The predicted octanol–water partition coefficient (Wildman–Crippen LogP) is 4.61. The third-order valence-corrected chi connectivity index (χ3v) is 4.56. The Balaban J connectivity index is 1.99. The number of hydrogen-bond donors (Lipinski definition) is 0. The first kappa shape index (κ1) is 17.5. The first-order valence-electron chi connectivity index (χ1n) is 8.05. The molecule has 138 valence electrons. The lowest BCUT2D eigenvalue weighted by Gasteiger charge is -2.10. The van der Waals surface area contributed by atoms with Crippen LogP contribution in [0.5, 0.6) is 0 Å². The van der Waals surface area contributed by atoms with Crippen molar-refractivity contribution >= 4 is 34.2 Å². The topological polar surface area (TPSA) is 52.2 Å². The summed E-state index contributed by atoms with van der Waals surface area (Å²) in [5, 5.41) is -0.172. The van der Waals surface area contributed by atoms with E-state index in [1.807, 2.05) is 0 Å². The molecule has 0 aliphatic carbocycles. The Morgan fingerprint density at radius 2 is 2.00 bits per heavy atom. The summed E-state index contributed by atoms with van der Waals surface area (Å²) >= 11 is 6.02. The number of hydrogen-bond acceptors (Lipinski definition) is 3. The molecule has 0 bridgehead atoms. The number of pyridine rings is 1. The second-order valence-corrected chi connectivity index (χ2v) is 6.34. The van der Waals surface area contributed by atoms with E-state index in [0.717, 1.165) is 16.7 Å². The molecular formula is C18H12ClF3N4O. The van der Waals surface area contributed by atoms with Gasteiger partial charge in [0.2, 0.25) is 0 Å². The third kappa shape index (κ3) is 2.76. The first-order valence-corrected chi connectivity index (χ1v) is 8.43. The van der Waals surface area contributed by atoms with E-state index in [1.54, 1.807) is 31.2 Å². The van der Waals surface area contributed by atoms with Gasteiger partial charge in [0.15, 0.2) is 5.65 Å². The highest BCUT2D eigenvalue weighted by Gasteiger charge is 2.33. The van der Waals surface area contributed by atoms with Crippen molar-refractivity contribution in [1.29, 1.82) is 0 Å².